The number of hydrogen-bond donors (Lipinski definition) is 2. The Morgan fingerprint density at radius 3 is 2.57 bits per heavy atom. The Balaban J connectivity index is 1.99. The van der Waals surface area contributed by atoms with Gasteiger partial charge in [-0.3, -0.25) is 0 Å². The van der Waals surface area contributed by atoms with Gasteiger partial charge in [-0.1, -0.05) is 30.3 Å². The molecule has 21 heavy (non-hydrogen) atoms. The Bertz CT molecular complexity index is 687. The Labute approximate surface area is 125 Å². The van der Waals surface area contributed by atoms with Crippen molar-refractivity contribution in [2.75, 3.05) is 5.73 Å². The predicted octanol–water partition coefficient (Wildman–Crippen LogP) is 1.96. The molecule has 1 unspecified atom stereocenters. The van der Waals surface area contributed by atoms with E-state index in [9.17, 15) is 8.42 Å². The number of benzene rings is 1. The summed E-state index contributed by atoms with van der Waals surface area (Å²) in [5.41, 5.74) is 6.80. The Morgan fingerprint density at radius 2 is 1.90 bits per heavy atom. The predicted molar refractivity (Wildman–Crippen MR) is 83.2 cm³/mol. The van der Waals surface area contributed by atoms with Crippen molar-refractivity contribution in [1.82, 2.24) is 9.71 Å². The average Bonchev–Trinajstić information content (AvgIpc) is 2.46. The molecule has 3 N–H and O–H groups in total. The first-order valence-electron chi connectivity index (χ1n) is 6.76. The number of nitrogens with two attached hydrogens (primary N) is 1. The lowest BCUT2D eigenvalue weighted by Gasteiger charge is -2.15. The summed E-state index contributed by atoms with van der Waals surface area (Å²) in [6.45, 7) is 1.84. The third kappa shape index (κ3) is 4.27. The standard InChI is InChI=1S/C15H19N3O2S/c1-12(9-10-13-6-3-2-4-7-13)18-21(19,20)14-8-5-11-17-15(14)16/h2-8,11-12,18H,9-10H2,1H3,(H2,16,17). The van der Waals surface area contributed by atoms with Crippen molar-refractivity contribution in [3.63, 3.8) is 0 Å². The molecule has 0 radical (unpaired) electrons. The number of hydrogen-bond acceptors (Lipinski definition) is 4. The van der Waals surface area contributed by atoms with Gasteiger partial charge in [0.2, 0.25) is 10.0 Å². The molecular formula is C15H19N3O2S. The van der Waals surface area contributed by atoms with Crippen LogP contribution in [0, 0.1) is 0 Å². The maximum Gasteiger partial charge on any atom is 0.244 e. The number of sulfonamides is 1. The van der Waals surface area contributed by atoms with Gasteiger partial charge in [0.15, 0.2) is 0 Å². The molecule has 1 atom stereocenters. The van der Waals surface area contributed by atoms with Gasteiger partial charge in [-0.05, 0) is 37.5 Å². The zero-order chi connectivity index (χ0) is 15.3. The first-order valence-corrected chi connectivity index (χ1v) is 8.24. The average molecular weight is 305 g/mol. The molecule has 2 rings (SSSR count). The van der Waals surface area contributed by atoms with E-state index in [2.05, 4.69) is 9.71 Å². The Kier molecular flexibility index (Phi) is 4.93. The van der Waals surface area contributed by atoms with Crippen LogP contribution in [-0.4, -0.2) is 19.4 Å². The molecule has 6 heteroatoms. The van der Waals surface area contributed by atoms with E-state index < -0.39 is 10.0 Å². The molecule has 0 spiro atoms. The van der Waals surface area contributed by atoms with Crippen molar-refractivity contribution in [2.45, 2.75) is 30.7 Å². The molecule has 0 amide bonds. The molecule has 1 aromatic heterocycles. The lowest BCUT2D eigenvalue weighted by molar-refractivity contribution is 0.547. The van der Waals surface area contributed by atoms with Gasteiger partial charge < -0.3 is 5.73 Å². The lowest BCUT2D eigenvalue weighted by Crippen LogP contribution is -2.33. The molecule has 0 saturated heterocycles. The van der Waals surface area contributed by atoms with Gasteiger partial charge in [0, 0.05) is 12.2 Å². The second-order valence-corrected chi connectivity index (χ2v) is 6.62. The van der Waals surface area contributed by atoms with Gasteiger partial charge in [0.05, 0.1) is 0 Å². The van der Waals surface area contributed by atoms with Crippen molar-refractivity contribution in [2.24, 2.45) is 0 Å². The van der Waals surface area contributed by atoms with Gasteiger partial charge in [-0.2, -0.15) is 0 Å². The summed E-state index contributed by atoms with van der Waals surface area (Å²) in [6, 6.07) is 12.8. The van der Waals surface area contributed by atoms with E-state index in [0.717, 1.165) is 6.42 Å². The van der Waals surface area contributed by atoms with Crippen LogP contribution in [0.15, 0.2) is 53.6 Å². The van der Waals surface area contributed by atoms with Crippen molar-refractivity contribution in [3.05, 3.63) is 54.2 Å². The van der Waals surface area contributed by atoms with Gasteiger partial charge in [0.1, 0.15) is 10.7 Å². The van der Waals surface area contributed by atoms with Gasteiger partial charge >= 0.3 is 0 Å². The summed E-state index contributed by atoms with van der Waals surface area (Å²) < 4.78 is 27.1. The molecule has 2 aromatic rings. The highest BCUT2D eigenvalue weighted by Crippen LogP contribution is 2.15. The highest BCUT2D eigenvalue weighted by atomic mass is 32.2. The molecule has 0 aliphatic carbocycles. The summed E-state index contributed by atoms with van der Waals surface area (Å²) in [6.07, 6.45) is 2.99. The molecular weight excluding hydrogens is 286 g/mol. The second kappa shape index (κ2) is 6.69. The van der Waals surface area contributed by atoms with Crippen LogP contribution in [0.3, 0.4) is 0 Å². The fourth-order valence-electron chi connectivity index (χ4n) is 2.05. The minimum Gasteiger partial charge on any atom is -0.383 e. The van der Waals surface area contributed by atoms with Crippen LogP contribution in [0.2, 0.25) is 0 Å². The molecule has 0 fully saturated rings. The van der Waals surface area contributed by atoms with E-state index >= 15 is 0 Å². The van der Waals surface area contributed by atoms with Crippen molar-refractivity contribution in [3.8, 4) is 0 Å². The zero-order valence-corrected chi connectivity index (χ0v) is 12.7. The van der Waals surface area contributed by atoms with Crippen molar-refractivity contribution in [1.29, 1.82) is 0 Å². The SMILES string of the molecule is CC(CCc1ccccc1)NS(=O)(=O)c1cccnc1N. The molecule has 0 saturated carbocycles. The molecule has 1 heterocycles. The zero-order valence-electron chi connectivity index (χ0n) is 11.9. The number of nitrogens with zero attached hydrogens (tertiary/aromatic N) is 1. The highest BCUT2D eigenvalue weighted by molar-refractivity contribution is 7.89. The van der Waals surface area contributed by atoms with E-state index in [-0.39, 0.29) is 16.8 Å². The minimum absolute atomic E-state index is 0.0141. The topological polar surface area (TPSA) is 85.1 Å². The fourth-order valence-corrected chi connectivity index (χ4v) is 3.41. The number of pyridine rings is 1. The van der Waals surface area contributed by atoms with Crippen LogP contribution in [0.4, 0.5) is 5.82 Å². The molecule has 112 valence electrons. The summed E-state index contributed by atoms with van der Waals surface area (Å²) in [7, 11) is -3.63. The van der Waals surface area contributed by atoms with Crippen LogP contribution in [0.1, 0.15) is 18.9 Å². The van der Waals surface area contributed by atoms with Crippen LogP contribution in [0.5, 0.6) is 0 Å². The third-order valence-corrected chi connectivity index (χ3v) is 4.79. The fraction of sp³-hybridized carbons (Fsp3) is 0.267. The van der Waals surface area contributed by atoms with Gasteiger partial charge in [-0.15, -0.1) is 0 Å². The third-order valence-electron chi connectivity index (χ3n) is 3.15. The minimum atomic E-state index is -3.63. The number of nitrogen functional groups attached to an aromatic ring is 1. The number of anilines is 1. The summed E-state index contributed by atoms with van der Waals surface area (Å²) in [4.78, 5) is 3.83. The van der Waals surface area contributed by atoms with Crippen molar-refractivity contribution >= 4 is 15.8 Å². The maximum atomic E-state index is 12.2. The van der Waals surface area contributed by atoms with Gasteiger partial charge in [0.25, 0.3) is 0 Å². The van der Waals surface area contributed by atoms with Gasteiger partial charge in [-0.25, -0.2) is 18.1 Å². The quantitative estimate of drug-likeness (QED) is 0.854. The van der Waals surface area contributed by atoms with Crippen LogP contribution >= 0.6 is 0 Å². The number of aromatic nitrogens is 1. The smallest absolute Gasteiger partial charge is 0.244 e. The number of rotatable bonds is 6. The maximum absolute atomic E-state index is 12.2. The van der Waals surface area contributed by atoms with E-state index in [1.54, 1.807) is 6.07 Å². The monoisotopic (exact) mass is 305 g/mol. The largest absolute Gasteiger partial charge is 0.383 e. The van der Waals surface area contributed by atoms with Crippen LogP contribution < -0.4 is 10.5 Å². The molecule has 0 aliphatic rings. The van der Waals surface area contributed by atoms with Crippen LogP contribution in [0.25, 0.3) is 0 Å². The first-order chi connectivity index (χ1) is 9.99. The Morgan fingerprint density at radius 1 is 1.19 bits per heavy atom. The first kappa shape index (κ1) is 15.5. The molecule has 0 aliphatic heterocycles. The van der Waals surface area contributed by atoms with E-state index in [1.165, 1.54) is 17.8 Å². The van der Waals surface area contributed by atoms with Crippen LogP contribution in [-0.2, 0) is 16.4 Å². The summed E-state index contributed by atoms with van der Waals surface area (Å²) in [5.74, 6) is 0.0141. The van der Waals surface area contributed by atoms with E-state index in [0.29, 0.717) is 6.42 Å². The number of aryl methyl sites for hydroxylation is 1. The normalized spacial score (nSPS) is 13.0. The summed E-state index contributed by atoms with van der Waals surface area (Å²) in [5, 5.41) is 0. The number of nitrogens with one attached hydrogen (secondary N) is 1. The molecule has 1 aromatic carbocycles. The Hall–Kier alpha value is -1.92. The lowest BCUT2D eigenvalue weighted by atomic mass is 10.1. The van der Waals surface area contributed by atoms with E-state index in [4.69, 9.17) is 5.73 Å². The highest BCUT2D eigenvalue weighted by Gasteiger charge is 2.20. The molecule has 5 nitrogen and oxygen atoms in total. The second-order valence-electron chi connectivity index (χ2n) is 4.93. The van der Waals surface area contributed by atoms with Crippen molar-refractivity contribution < 1.29 is 8.42 Å². The van der Waals surface area contributed by atoms with E-state index in [1.807, 2.05) is 37.3 Å². The summed E-state index contributed by atoms with van der Waals surface area (Å²) >= 11 is 0. The molecule has 0 bridgehead atoms.